The number of carbonyl (C=O) groups is 3. The first-order valence-electron chi connectivity index (χ1n) is 34.6. The van der Waals surface area contributed by atoms with E-state index in [0.29, 0.717) is 19.3 Å². The second kappa shape index (κ2) is 68.1. The van der Waals surface area contributed by atoms with Gasteiger partial charge in [0.15, 0.2) is 6.10 Å². The highest BCUT2D eigenvalue weighted by Gasteiger charge is 2.19. The molecule has 0 bridgehead atoms. The number of ether oxygens (including phenoxy) is 3. The van der Waals surface area contributed by atoms with Gasteiger partial charge in [-0.2, -0.15) is 0 Å². The molecule has 0 aromatic rings. The van der Waals surface area contributed by atoms with Crippen molar-refractivity contribution >= 4 is 17.9 Å². The number of hydrogen-bond donors (Lipinski definition) is 0. The molecule has 0 rings (SSSR count). The van der Waals surface area contributed by atoms with Gasteiger partial charge < -0.3 is 14.2 Å². The minimum absolute atomic E-state index is 0.0825. The zero-order valence-electron chi connectivity index (χ0n) is 53.1. The van der Waals surface area contributed by atoms with Crippen molar-refractivity contribution in [3.63, 3.8) is 0 Å². The number of rotatable bonds is 63. The van der Waals surface area contributed by atoms with Crippen molar-refractivity contribution in [2.45, 2.75) is 354 Å². The van der Waals surface area contributed by atoms with Gasteiger partial charge >= 0.3 is 17.9 Å². The lowest BCUT2D eigenvalue weighted by atomic mass is 10.0. The van der Waals surface area contributed by atoms with Crippen LogP contribution >= 0.6 is 0 Å². The quantitative estimate of drug-likeness (QED) is 0.0261. The third-order valence-corrected chi connectivity index (χ3v) is 15.1. The van der Waals surface area contributed by atoms with Crippen LogP contribution in [0.1, 0.15) is 348 Å². The maximum absolute atomic E-state index is 12.9. The Hall–Kier alpha value is -3.41. The van der Waals surface area contributed by atoms with Gasteiger partial charge in [-0.05, 0) is 89.9 Å². The van der Waals surface area contributed by atoms with E-state index in [1.165, 1.54) is 186 Å². The summed E-state index contributed by atoms with van der Waals surface area (Å²) in [6.07, 6.45) is 90.5. The van der Waals surface area contributed by atoms with Crippen LogP contribution in [0.2, 0.25) is 0 Å². The summed E-state index contributed by atoms with van der Waals surface area (Å²) in [4.78, 5) is 38.3. The third-order valence-electron chi connectivity index (χ3n) is 15.1. The molecule has 0 N–H and O–H groups in total. The van der Waals surface area contributed by atoms with Gasteiger partial charge in [0, 0.05) is 19.3 Å². The highest BCUT2D eigenvalue weighted by molar-refractivity contribution is 5.71. The van der Waals surface area contributed by atoms with Gasteiger partial charge in [-0.15, -0.1) is 0 Å². The molecule has 0 spiro atoms. The maximum Gasteiger partial charge on any atom is 0.306 e. The summed E-state index contributed by atoms with van der Waals surface area (Å²) in [5.41, 5.74) is 0. The molecule has 1 unspecified atom stereocenters. The SMILES string of the molecule is CC/C=C\C/C=C\C/C=C\C/C=C\C/C=C\C/C=C\CCCCCCCCC(=O)OC(COC(=O)CCCCCCC/C=C\CCC)COC(=O)CCCCCCCCCCCCCCCCCCCCCCCCCCCCC. The molecule has 0 radical (unpaired) electrons. The molecule has 0 aromatic carbocycles. The first-order chi connectivity index (χ1) is 39.5. The summed E-state index contributed by atoms with van der Waals surface area (Å²) < 4.78 is 16.9. The minimum Gasteiger partial charge on any atom is -0.462 e. The largest absolute Gasteiger partial charge is 0.462 e. The van der Waals surface area contributed by atoms with Crippen molar-refractivity contribution in [1.29, 1.82) is 0 Å². The van der Waals surface area contributed by atoms with Gasteiger partial charge in [-0.3, -0.25) is 14.4 Å². The monoisotopic (exact) mass is 1110 g/mol. The second-order valence-corrected chi connectivity index (χ2v) is 23.1. The van der Waals surface area contributed by atoms with Crippen LogP contribution in [-0.4, -0.2) is 37.2 Å². The lowest BCUT2D eigenvalue weighted by Gasteiger charge is -2.18. The fraction of sp³-hybridized carbons (Fsp3) is 0.770. The van der Waals surface area contributed by atoms with Crippen LogP contribution in [-0.2, 0) is 28.6 Å². The summed E-state index contributed by atoms with van der Waals surface area (Å²) >= 11 is 0. The summed E-state index contributed by atoms with van der Waals surface area (Å²) in [5, 5.41) is 0. The van der Waals surface area contributed by atoms with Gasteiger partial charge in [0.25, 0.3) is 0 Å². The molecular weight excluding hydrogens is 985 g/mol. The number of allylic oxidation sites excluding steroid dienone is 14. The first-order valence-corrected chi connectivity index (χ1v) is 34.6. The van der Waals surface area contributed by atoms with Crippen molar-refractivity contribution < 1.29 is 28.6 Å². The predicted molar refractivity (Wildman–Crippen MR) is 348 cm³/mol. The van der Waals surface area contributed by atoms with Crippen LogP contribution < -0.4 is 0 Å². The molecule has 0 aliphatic heterocycles. The highest BCUT2D eigenvalue weighted by atomic mass is 16.6. The zero-order valence-corrected chi connectivity index (χ0v) is 53.1. The van der Waals surface area contributed by atoms with Crippen molar-refractivity contribution in [2.24, 2.45) is 0 Å². The van der Waals surface area contributed by atoms with Crippen molar-refractivity contribution in [3.8, 4) is 0 Å². The maximum atomic E-state index is 12.9. The van der Waals surface area contributed by atoms with Crippen LogP contribution in [0.3, 0.4) is 0 Å². The Bertz CT molecular complexity index is 1520. The second-order valence-electron chi connectivity index (χ2n) is 23.1. The zero-order chi connectivity index (χ0) is 57.8. The Kier molecular flexibility index (Phi) is 65.2. The van der Waals surface area contributed by atoms with Gasteiger partial charge in [-0.1, -0.05) is 324 Å². The van der Waals surface area contributed by atoms with Crippen molar-refractivity contribution in [1.82, 2.24) is 0 Å². The molecule has 0 fully saturated rings. The van der Waals surface area contributed by atoms with E-state index in [-0.39, 0.29) is 31.1 Å². The molecule has 0 aliphatic rings. The molecule has 80 heavy (non-hydrogen) atoms. The molecular formula is C74H130O6. The lowest BCUT2D eigenvalue weighted by molar-refractivity contribution is -0.167. The summed E-state index contributed by atoms with van der Waals surface area (Å²) in [5.74, 6) is -0.894. The summed E-state index contributed by atoms with van der Waals surface area (Å²) in [7, 11) is 0. The van der Waals surface area contributed by atoms with Crippen molar-refractivity contribution in [2.75, 3.05) is 13.2 Å². The van der Waals surface area contributed by atoms with Gasteiger partial charge in [0.2, 0.25) is 0 Å². The molecule has 6 nitrogen and oxygen atoms in total. The topological polar surface area (TPSA) is 78.9 Å². The van der Waals surface area contributed by atoms with Gasteiger partial charge in [-0.25, -0.2) is 0 Å². The highest BCUT2D eigenvalue weighted by Crippen LogP contribution is 2.18. The lowest BCUT2D eigenvalue weighted by Crippen LogP contribution is -2.30. The van der Waals surface area contributed by atoms with E-state index in [9.17, 15) is 14.4 Å². The standard InChI is InChI=1S/C74H130O6/c1-4-7-10-13-16-19-22-24-26-28-30-32-34-36-37-39-40-42-44-46-48-50-52-55-58-61-64-67-73(76)79-70-71(69-78-72(75)66-63-60-57-54-21-18-15-12-9-6-3)80-74(77)68-65-62-59-56-53-51-49-47-45-43-41-38-35-33-31-29-27-25-23-20-17-14-11-8-5-2/h8,11-12,15,17,20,25,27,31,33,38,41,45,47,71H,4-7,9-10,13-14,16,18-19,21-24,26,28-30,32,34-37,39-40,42-44,46,48-70H2,1-3H3/b11-8-,15-12-,20-17-,27-25-,33-31-,41-38-,47-45-. The molecule has 0 heterocycles. The average Bonchev–Trinajstić information content (AvgIpc) is 3.46. The van der Waals surface area contributed by atoms with E-state index < -0.39 is 6.10 Å². The van der Waals surface area contributed by atoms with Crippen molar-refractivity contribution in [3.05, 3.63) is 85.1 Å². The Morgan fingerprint density at radius 2 is 0.512 bits per heavy atom. The van der Waals surface area contributed by atoms with Crippen LogP contribution in [0.4, 0.5) is 0 Å². The van der Waals surface area contributed by atoms with E-state index in [2.05, 4.69) is 106 Å². The van der Waals surface area contributed by atoms with E-state index in [1.54, 1.807) is 0 Å². The average molecular weight is 1120 g/mol. The Labute approximate surface area is 496 Å². The normalized spacial score (nSPS) is 12.6. The fourth-order valence-corrected chi connectivity index (χ4v) is 9.98. The molecule has 0 saturated heterocycles. The van der Waals surface area contributed by atoms with Crippen LogP contribution in [0.15, 0.2) is 85.1 Å². The van der Waals surface area contributed by atoms with Gasteiger partial charge in [0.1, 0.15) is 13.2 Å². The molecule has 0 aliphatic carbocycles. The molecule has 0 saturated carbocycles. The number of esters is 3. The molecule has 462 valence electrons. The predicted octanol–water partition coefficient (Wildman–Crippen LogP) is 23.8. The molecule has 1 atom stereocenters. The van der Waals surface area contributed by atoms with E-state index in [1.807, 2.05) is 0 Å². The Morgan fingerprint density at radius 1 is 0.263 bits per heavy atom. The Morgan fingerprint density at radius 3 is 0.825 bits per heavy atom. The van der Waals surface area contributed by atoms with Crippen LogP contribution in [0, 0.1) is 0 Å². The molecule has 0 aromatic heterocycles. The summed E-state index contributed by atoms with van der Waals surface area (Å²) in [6, 6.07) is 0. The van der Waals surface area contributed by atoms with Crippen LogP contribution in [0.5, 0.6) is 0 Å². The van der Waals surface area contributed by atoms with E-state index in [0.717, 1.165) is 122 Å². The van der Waals surface area contributed by atoms with Gasteiger partial charge in [0.05, 0.1) is 0 Å². The number of carbonyl (C=O) groups excluding carboxylic acids is 3. The fourth-order valence-electron chi connectivity index (χ4n) is 9.98. The third kappa shape index (κ3) is 65.4. The molecule has 6 heteroatoms. The first kappa shape index (κ1) is 76.6. The number of unbranched alkanes of at least 4 members (excludes halogenated alkanes) is 38. The minimum atomic E-state index is -0.788. The van der Waals surface area contributed by atoms with Crippen LogP contribution in [0.25, 0.3) is 0 Å². The van der Waals surface area contributed by atoms with E-state index in [4.69, 9.17) is 14.2 Å². The smallest absolute Gasteiger partial charge is 0.306 e. The Balaban J connectivity index is 4.21. The number of hydrogen-bond acceptors (Lipinski definition) is 6. The summed E-state index contributed by atoms with van der Waals surface area (Å²) in [6.45, 7) is 6.49. The molecule has 0 amide bonds. The van der Waals surface area contributed by atoms with E-state index >= 15 is 0 Å².